The molecule has 8 nitrogen and oxygen atoms in total. The van der Waals surface area contributed by atoms with Gasteiger partial charge >= 0.3 is 0 Å². The Morgan fingerprint density at radius 2 is 1.81 bits per heavy atom. The van der Waals surface area contributed by atoms with Crippen molar-refractivity contribution >= 4 is 11.6 Å². The van der Waals surface area contributed by atoms with Gasteiger partial charge in [0, 0.05) is 48.6 Å². The molecule has 1 fully saturated rings. The molecule has 3 heterocycles. The molecule has 2 aromatic heterocycles. The lowest BCUT2D eigenvalue weighted by atomic mass is 9.92. The molecule has 4 aromatic rings. The number of benzene rings is 2. The number of amides is 1. The predicted octanol–water partition coefficient (Wildman–Crippen LogP) is 5.77. The van der Waals surface area contributed by atoms with E-state index in [-0.39, 0.29) is 5.91 Å². The normalized spacial score (nSPS) is 14.3. The van der Waals surface area contributed by atoms with Gasteiger partial charge < -0.3 is 14.8 Å². The molecule has 0 saturated carbocycles. The lowest BCUT2D eigenvalue weighted by molar-refractivity contribution is -0.121. The van der Waals surface area contributed by atoms with Crippen LogP contribution < -0.4 is 14.8 Å². The number of carbonyl (C=O) groups excluding carboxylic acids is 1. The number of aromatic nitrogens is 3. The maximum absolute atomic E-state index is 12.7. The predicted molar refractivity (Wildman–Crippen MR) is 166 cm³/mol. The summed E-state index contributed by atoms with van der Waals surface area (Å²) in [6.07, 6.45) is 5.77. The molecule has 1 saturated heterocycles. The van der Waals surface area contributed by atoms with Crippen molar-refractivity contribution in [3.8, 4) is 22.8 Å². The number of piperidine rings is 1. The Kier molecular flexibility index (Phi) is 9.74. The number of ether oxygens (including phenoxy) is 2. The van der Waals surface area contributed by atoms with Crippen molar-refractivity contribution in [2.45, 2.75) is 58.9 Å². The van der Waals surface area contributed by atoms with E-state index in [1.54, 1.807) is 14.2 Å². The largest absolute Gasteiger partial charge is 0.497 e. The number of aryl methyl sites for hydroxylation is 2. The van der Waals surface area contributed by atoms with Crippen LogP contribution in [0.2, 0.25) is 0 Å². The second-order valence-corrected chi connectivity index (χ2v) is 11.3. The van der Waals surface area contributed by atoms with Crippen LogP contribution in [0.4, 0.5) is 0 Å². The molecule has 1 amide bonds. The Morgan fingerprint density at radius 1 is 1.02 bits per heavy atom. The van der Waals surface area contributed by atoms with E-state index in [4.69, 9.17) is 19.6 Å². The zero-order chi connectivity index (χ0) is 29.5. The Hall–Kier alpha value is -3.91. The van der Waals surface area contributed by atoms with Crippen LogP contribution in [0.5, 0.6) is 11.5 Å². The summed E-state index contributed by atoms with van der Waals surface area (Å²) in [6.45, 7) is 8.16. The fourth-order valence-electron chi connectivity index (χ4n) is 6.05. The SMILES string of the molecule is COc1ccc(-c2cc3nc(C)c(CCC(=O)NCCCC4CCN(Cc5ccccc5)CC4)c(C)n3n2)c(OC)c1. The lowest BCUT2D eigenvalue weighted by Gasteiger charge is -2.32. The average molecular weight is 570 g/mol. The van der Waals surface area contributed by atoms with E-state index < -0.39 is 0 Å². The van der Waals surface area contributed by atoms with Gasteiger partial charge in [0.1, 0.15) is 11.5 Å². The summed E-state index contributed by atoms with van der Waals surface area (Å²) in [4.78, 5) is 20.1. The van der Waals surface area contributed by atoms with Crippen LogP contribution in [0.1, 0.15) is 54.6 Å². The van der Waals surface area contributed by atoms with Crippen LogP contribution in [-0.2, 0) is 17.8 Å². The number of nitrogens with zero attached hydrogens (tertiary/aromatic N) is 4. The highest BCUT2D eigenvalue weighted by atomic mass is 16.5. The van der Waals surface area contributed by atoms with E-state index in [1.807, 2.05) is 42.6 Å². The van der Waals surface area contributed by atoms with Gasteiger partial charge in [-0.25, -0.2) is 9.50 Å². The van der Waals surface area contributed by atoms with Gasteiger partial charge in [0.2, 0.25) is 5.91 Å². The Morgan fingerprint density at radius 3 is 2.55 bits per heavy atom. The number of hydrogen-bond acceptors (Lipinski definition) is 6. The highest BCUT2D eigenvalue weighted by Gasteiger charge is 2.20. The van der Waals surface area contributed by atoms with E-state index >= 15 is 0 Å². The number of rotatable bonds is 12. The number of nitrogens with one attached hydrogen (secondary N) is 1. The first-order chi connectivity index (χ1) is 20.4. The second kappa shape index (κ2) is 13.8. The minimum atomic E-state index is 0.0932. The fraction of sp³-hybridized carbons (Fsp3) is 0.441. The van der Waals surface area contributed by atoms with Crippen molar-refractivity contribution in [1.82, 2.24) is 24.8 Å². The first-order valence-corrected chi connectivity index (χ1v) is 15.1. The molecule has 0 radical (unpaired) electrons. The summed E-state index contributed by atoms with van der Waals surface area (Å²) in [6, 6.07) is 18.4. The van der Waals surface area contributed by atoms with Gasteiger partial charge in [0.05, 0.1) is 19.9 Å². The maximum atomic E-state index is 12.7. The summed E-state index contributed by atoms with van der Waals surface area (Å²) >= 11 is 0. The molecule has 5 rings (SSSR count). The summed E-state index contributed by atoms with van der Waals surface area (Å²) in [5.41, 5.74) is 6.82. The molecular formula is C34H43N5O3. The molecule has 1 N–H and O–H groups in total. The topological polar surface area (TPSA) is 81.0 Å². The molecule has 42 heavy (non-hydrogen) atoms. The first kappa shape index (κ1) is 29.6. The van der Waals surface area contributed by atoms with Crippen molar-refractivity contribution in [1.29, 1.82) is 0 Å². The molecule has 1 aliphatic heterocycles. The average Bonchev–Trinajstić information content (AvgIpc) is 3.44. The van der Waals surface area contributed by atoms with Gasteiger partial charge in [-0.1, -0.05) is 30.3 Å². The lowest BCUT2D eigenvalue weighted by Crippen LogP contribution is -2.33. The van der Waals surface area contributed by atoms with Crippen LogP contribution >= 0.6 is 0 Å². The highest BCUT2D eigenvalue weighted by Crippen LogP contribution is 2.33. The molecule has 0 atom stereocenters. The van der Waals surface area contributed by atoms with Gasteiger partial charge in [0.15, 0.2) is 5.65 Å². The number of methoxy groups -OCH3 is 2. The monoisotopic (exact) mass is 569 g/mol. The van der Waals surface area contributed by atoms with E-state index in [9.17, 15) is 4.79 Å². The molecule has 222 valence electrons. The van der Waals surface area contributed by atoms with Gasteiger partial charge in [-0.2, -0.15) is 5.10 Å². The number of fused-ring (bicyclic) bond motifs is 1. The standard InChI is InChI=1S/C34H43N5O3/c1-24-29(25(2)39-33(36-24)22-31(37-39)30-13-12-28(41-3)21-32(30)42-4)14-15-34(40)35-18-8-11-26-16-19-38(20-17-26)23-27-9-6-5-7-10-27/h5-7,9-10,12-13,21-22,26H,8,11,14-20,23H2,1-4H3,(H,35,40). The van der Waals surface area contributed by atoms with Crippen LogP contribution in [0.15, 0.2) is 54.6 Å². The van der Waals surface area contributed by atoms with Gasteiger partial charge in [-0.05, 0) is 88.2 Å². The van der Waals surface area contributed by atoms with Gasteiger partial charge in [-0.15, -0.1) is 0 Å². The molecular weight excluding hydrogens is 526 g/mol. The third-order valence-corrected chi connectivity index (χ3v) is 8.52. The number of carbonyl (C=O) groups is 1. The zero-order valence-electron chi connectivity index (χ0n) is 25.4. The van der Waals surface area contributed by atoms with Crippen LogP contribution in [-0.4, -0.2) is 59.3 Å². The quantitative estimate of drug-likeness (QED) is 0.218. The Labute approximate surface area is 249 Å². The molecule has 8 heteroatoms. The minimum absolute atomic E-state index is 0.0932. The van der Waals surface area contributed by atoms with Crippen molar-refractivity contribution in [3.63, 3.8) is 0 Å². The molecule has 0 bridgehead atoms. The van der Waals surface area contributed by atoms with E-state index in [1.165, 1.54) is 24.8 Å². The summed E-state index contributed by atoms with van der Waals surface area (Å²) in [5, 5.41) is 7.98. The maximum Gasteiger partial charge on any atom is 0.220 e. The van der Waals surface area contributed by atoms with Crippen LogP contribution in [0.25, 0.3) is 16.9 Å². The van der Waals surface area contributed by atoms with Crippen molar-refractivity contribution in [3.05, 3.63) is 77.1 Å². The smallest absolute Gasteiger partial charge is 0.220 e. The summed E-state index contributed by atoms with van der Waals surface area (Å²) in [5.74, 6) is 2.27. The van der Waals surface area contributed by atoms with Crippen molar-refractivity contribution < 1.29 is 14.3 Å². The number of hydrogen-bond donors (Lipinski definition) is 1. The Bertz CT molecular complexity index is 1490. The molecule has 0 spiro atoms. The minimum Gasteiger partial charge on any atom is -0.497 e. The summed E-state index contributed by atoms with van der Waals surface area (Å²) in [7, 11) is 3.27. The molecule has 1 aliphatic rings. The Balaban J connectivity index is 1.09. The first-order valence-electron chi connectivity index (χ1n) is 15.1. The highest BCUT2D eigenvalue weighted by molar-refractivity contribution is 5.76. The molecule has 0 aliphatic carbocycles. The van der Waals surface area contributed by atoms with Gasteiger partial charge in [0.25, 0.3) is 0 Å². The number of likely N-dealkylation sites (tertiary alicyclic amines) is 1. The zero-order valence-corrected chi connectivity index (χ0v) is 25.4. The molecule has 0 unspecified atom stereocenters. The van der Waals surface area contributed by atoms with Crippen molar-refractivity contribution in [2.75, 3.05) is 33.9 Å². The third kappa shape index (κ3) is 7.10. The van der Waals surface area contributed by atoms with E-state index in [0.717, 1.165) is 78.1 Å². The van der Waals surface area contributed by atoms with E-state index in [0.29, 0.717) is 18.6 Å². The summed E-state index contributed by atoms with van der Waals surface area (Å²) < 4.78 is 12.8. The van der Waals surface area contributed by atoms with Gasteiger partial charge in [-0.3, -0.25) is 9.69 Å². The van der Waals surface area contributed by atoms with Crippen LogP contribution in [0.3, 0.4) is 0 Å². The third-order valence-electron chi connectivity index (χ3n) is 8.52. The van der Waals surface area contributed by atoms with E-state index in [2.05, 4.69) is 40.5 Å². The second-order valence-electron chi connectivity index (χ2n) is 11.3. The van der Waals surface area contributed by atoms with Crippen molar-refractivity contribution in [2.24, 2.45) is 5.92 Å². The fourth-order valence-corrected chi connectivity index (χ4v) is 6.05. The van der Waals surface area contributed by atoms with Crippen LogP contribution in [0, 0.1) is 19.8 Å². The molecule has 2 aromatic carbocycles.